The number of benzene rings is 1. The van der Waals surface area contributed by atoms with Gasteiger partial charge in [0.1, 0.15) is 11.4 Å². The van der Waals surface area contributed by atoms with E-state index in [0.29, 0.717) is 12.3 Å². The Morgan fingerprint density at radius 3 is 2.58 bits per heavy atom. The summed E-state index contributed by atoms with van der Waals surface area (Å²) in [4.78, 5) is 37.1. The molecule has 2 amide bonds. The highest BCUT2D eigenvalue weighted by atomic mass is 32.2. The second-order valence-corrected chi connectivity index (χ2v) is 10.1. The zero-order valence-corrected chi connectivity index (χ0v) is 18.7. The summed E-state index contributed by atoms with van der Waals surface area (Å²) in [5.74, 6) is -1.44. The van der Waals surface area contributed by atoms with E-state index < -0.39 is 28.0 Å². The number of nitrogens with one attached hydrogen (secondary N) is 1. The molecule has 12 heteroatoms. The molecule has 1 unspecified atom stereocenters. The van der Waals surface area contributed by atoms with Gasteiger partial charge in [0, 0.05) is 35.2 Å². The van der Waals surface area contributed by atoms with E-state index in [4.69, 9.17) is 0 Å². The Labute approximate surface area is 193 Å². The first kappa shape index (κ1) is 23.0. The molecule has 2 aromatic rings. The molecule has 1 aromatic heterocycles. The van der Waals surface area contributed by atoms with Gasteiger partial charge in [0.25, 0.3) is 16.0 Å². The molecule has 1 aromatic carbocycles. The van der Waals surface area contributed by atoms with Crippen molar-refractivity contribution in [3.05, 3.63) is 71.7 Å². The van der Waals surface area contributed by atoms with Crippen molar-refractivity contribution in [3.8, 4) is 0 Å². The summed E-state index contributed by atoms with van der Waals surface area (Å²) in [6.45, 7) is 0.472. The molecule has 2 aliphatic rings. The zero-order valence-electron chi connectivity index (χ0n) is 17.1. The molecule has 2 aliphatic heterocycles. The minimum Gasteiger partial charge on any atom is -0.545 e. The number of rotatable bonds is 7. The lowest BCUT2D eigenvalue weighted by Gasteiger charge is -2.47. The molecule has 33 heavy (non-hydrogen) atoms. The van der Waals surface area contributed by atoms with Gasteiger partial charge in [-0.15, -0.1) is 11.8 Å². The summed E-state index contributed by atoms with van der Waals surface area (Å²) in [7, 11) is -4.47. The molecule has 0 bridgehead atoms. The van der Waals surface area contributed by atoms with Crippen molar-refractivity contribution in [2.24, 2.45) is 0 Å². The third-order valence-electron chi connectivity index (χ3n) is 5.27. The number of thioether (sulfide) groups is 1. The molecule has 172 valence electrons. The van der Waals surface area contributed by atoms with Crippen molar-refractivity contribution in [2.75, 3.05) is 5.75 Å². The Balaban J connectivity index is 1.37. The molecule has 1 fully saturated rings. The van der Waals surface area contributed by atoms with Crippen LogP contribution < -0.4 is 15.0 Å². The molecule has 2 N–H and O–H groups in total. The van der Waals surface area contributed by atoms with E-state index in [1.807, 2.05) is 0 Å². The number of aromatic carboxylic acids is 1. The molecule has 1 saturated heterocycles. The number of aromatic nitrogens is 1. The number of pyridine rings is 1. The van der Waals surface area contributed by atoms with Crippen LogP contribution in [0.15, 0.2) is 65.5 Å². The molecule has 0 aliphatic carbocycles. The van der Waals surface area contributed by atoms with E-state index in [2.05, 4.69) is 5.32 Å². The lowest BCUT2D eigenvalue weighted by Crippen LogP contribution is -2.68. The Kier molecular flexibility index (Phi) is 6.23. The van der Waals surface area contributed by atoms with E-state index >= 15 is 0 Å². The number of carbonyl (C=O) groups is 3. The SMILES string of the molecule is O=C(Cc1ccccc1S(=O)(=O)O)NC1C(=O)N2C=C(C[n+]3ccc(C(=O)[O-])cc3)CS[C@H]12. The van der Waals surface area contributed by atoms with Crippen molar-refractivity contribution in [2.45, 2.75) is 29.3 Å². The standard InChI is InChI=1S/C21H19N3O7S2/c25-17(9-15-3-1-2-4-16(15)33(29,30)31)22-18-19(26)24-11-13(12-32-20(18)24)10-23-7-5-14(6-8-23)21(27)28/h1-8,11,18,20H,9-10,12H2,(H2-,22,25,27,28,29,30,31)/t18?,20-/m1/s1. The van der Waals surface area contributed by atoms with Crippen LogP contribution in [-0.2, 0) is 32.7 Å². The molecular formula is C21H19N3O7S2. The highest BCUT2D eigenvalue weighted by Gasteiger charge is 2.49. The van der Waals surface area contributed by atoms with Crippen LogP contribution in [0.25, 0.3) is 0 Å². The lowest BCUT2D eigenvalue weighted by atomic mass is 10.1. The van der Waals surface area contributed by atoms with Gasteiger partial charge in [-0.2, -0.15) is 8.42 Å². The minimum atomic E-state index is -4.47. The highest BCUT2D eigenvalue weighted by molar-refractivity contribution is 8.00. The van der Waals surface area contributed by atoms with E-state index in [1.54, 1.807) is 29.2 Å². The largest absolute Gasteiger partial charge is 0.545 e. The number of carboxylic acids is 1. The van der Waals surface area contributed by atoms with Crippen molar-refractivity contribution >= 4 is 39.7 Å². The number of hydrogen-bond acceptors (Lipinski definition) is 7. The Morgan fingerprint density at radius 2 is 1.91 bits per heavy atom. The maximum atomic E-state index is 12.6. The molecule has 0 spiro atoms. The third-order valence-corrected chi connectivity index (χ3v) is 7.60. The van der Waals surface area contributed by atoms with Gasteiger partial charge >= 0.3 is 0 Å². The van der Waals surface area contributed by atoms with E-state index in [0.717, 1.165) is 5.57 Å². The Morgan fingerprint density at radius 1 is 1.21 bits per heavy atom. The van der Waals surface area contributed by atoms with Gasteiger partial charge in [-0.25, -0.2) is 4.57 Å². The van der Waals surface area contributed by atoms with Crippen molar-refractivity contribution < 1.29 is 37.0 Å². The van der Waals surface area contributed by atoms with Gasteiger partial charge in [-0.3, -0.25) is 14.1 Å². The second kappa shape index (κ2) is 8.96. The number of amides is 2. The van der Waals surface area contributed by atoms with Crippen molar-refractivity contribution in [1.82, 2.24) is 10.2 Å². The van der Waals surface area contributed by atoms with Gasteiger partial charge in [0.05, 0.1) is 17.3 Å². The number of carbonyl (C=O) groups excluding carboxylic acids is 3. The molecule has 3 heterocycles. The van der Waals surface area contributed by atoms with Crippen LogP contribution in [0, 0.1) is 0 Å². The van der Waals surface area contributed by atoms with Crippen LogP contribution in [-0.4, -0.2) is 52.8 Å². The Bertz CT molecular complexity index is 1260. The monoisotopic (exact) mass is 489 g/mol. The van der Waals surface area contributed by atoms with Crippen LogP contribution in [0.4, 0.5) is 0 Å². The predicted molar refractivity (Wildman–Crippen MR) is 114 cm³/mol. The highest BCUT2D eigenvalue weighted by Crippen LogP contribution is 2.36. The summed E-state index contributed by atoms with van der Waals surface area (Å²) in [5, 5.41) is 13.2. The average molecular weight is 490 g/mol. The normalized spacial score (nSPS) is 19.8. The number of fused-ring (bicyclic) bond motifs is 1. The second-order valence-electron chi connectivity index (χ2n) is 7.59. The number of β-lactam (4-membered cyclic amide) rings is 1. The Hall–Kier alpha value is -3.22. The maximum Gasteiger partial charge on any atom is 0.294 e. The van der Waals surface area contributed by atoms with Gasteiger partial charge in [-0.1, -0.05) is 18.2 Å². The molecule has 0 saturated carbocycles. The van der Waals surface area contributed by atoms with E-state index in [1.165, 1.54) is 47.0 Å². The van der Waals surface area contributed by atoms with Crippen LogP contribution in [0.3, 0.4) is 0 Å². The van der Waals surface area contributed by atoms with Crippen LogP contribution >= 0.6 is 11.8 Å². The minimum absolute atomic E-state index is 0.0778. The molecule has 0 radical (unpaired) electrons. The summed E-state index contributed by atoms with van der Waals surface area (Å²) in [6, 6.07) is 7.79. The topological polar surface area (TPSA) is 148 Å². The smallest absolute Gasteiger partial charge is 0.294 e. The van der Waals surface area contributed by atoms with Crippen LogP contribution in [0.1, 0.15) is 15.9 Å². The number of hydrogen-bond donors (Lipinski definition) is 2. The maximum absolute atomic E-state index is 12.6. The molecule has 4 rings (SSSR count). The molecule has 10 nitrogen and oxygen atoms in total. The molecular weight excluding hydrogens is 470 g/mol. The van der Waals surface area contributed by atoms with E-state index in [-0.39, 0.29) is 33.7 Å². The summed E-state index contributed by atoms with van der Waals surface area (Å²) in [6.07, 6.45) is 4.68. The summed E-state index contributed by atoms with van der Waals surface area (Å²) >= 11 is 1.48. The van der Waals surface area contributed by atoms with Crippen LogP contribution in [0.5, 0.6) is 0 Å². The van der Waals surface area contributed by atoms with Crippen molar-refractivity contribution in [1.29, 1.82) is 0 Å². The summed E-state index contributed by atoms with van der Waals surface area (Å²) in [5.41, 5.74) is 1.16. The van der Waals surface area contributed by atoms with Gasteiger partial charge in [-0.05, 0) is 11.6 Å². The third kappa shape index (κ3) is 4.92. The van der Waals surface area contributed by atoms with Gasteiger partial charge in [0.2, 0.25) is 5.91 Å². The van der Waals surface area contributed by atoms with Crippen LogP contribution in [0.2, 0.25) is 0 Å². The van der Waals surface area contributed by atoms with Crippen molar-refractivity contribution in [3.63, 3.8) is 0 Å². The first-order valence-electron chi connectivity index (χ1n) is 9.82. The van der Waals surface area contributed by atoms with Gasteiger partial charge < -0.3 is 20.1 Å². The zero-order chi connectivity index (χ0) is 23.8. The first-order chi connectivity index (χ1) is 15.6. The van der Waals surface area contributed by atoms with Gasteiger partial charge in [0.15, 0.2) is 18.9 Å². The fraction of sp³-hybridized carbons (Fsp3) is 0.238. The fourth-order valence-corrected chi connectivity index (χ4v) is 5.65. The first-order valence-corrected chi connectivity index (χ1v) is 12.3. The number of carboxylic acid groups (broad SMARTS) is 1. The average Bonchev–Trinajstić information content (AvgIpc) is 2.77. The fourth-order valence-electron chi connectivity index (χ4n) is 3.68. The van der Waals surface area contributed by atoms with E-state index in [9.17, 15) is 32.5 Å². The summed E-state index contributed by atoms with van der Waals surface area (Å²) < 4.78 is 34.1. The molecule has 2 atom stereocenters. The number of nitrogens with zero attached hydrogens (tertiary/aromatic N) is 2. The predicted octanol–water partition coefficient (Wildman–Crippen LogP) is -0.889. The lowest BCUT2D eigenvalue weighted by molar-refractivity contribution is -0.689. The quantitative estimate of drug-likeness (QED) is 0.289.